The molecule has 4 heteroatoms. The van der Waals surface area contributed by atoms with E-state index in [0.717, 1.165) is 0 Å². The highest BCUT2D eigenvalue weighted by molar-refractivity contribution is 14.1. The molecule has 0 aromatic heterocycles. The molecule has 0 bridgehead atoms. The zero-order chi connectivity index (χ0) is 8.43. The van der Waals surface area contributed by atoms with Gasteiger partial charge in [-0.1, -0.05) is 0 Å². The Morgan fingerprint density at radius 1 is 1.27 bits per heavy atom. The fourth-order valence-electron chi connectivity index (χ4n) is 0.683. The van der Waals surface area contributed by atoms with Gasteiger partial charge in [0, 0.05) is 5.56 Å². The highest BCUT2D eigenvalue weighted by Crippen LogP contribution is 2.29. The number of rotatable bonds is 1. The van der Waals surface area contributed by atoms with Crippen LogP contribution in [0.15, 0.2) is 12.1 Å². The van der Waals surface area contributed by atoms with Crippen molar-refractivity contribution in [3.63, 3.8) is 0 Å². The van der Waals surface area contributed by atoms with Crippen molar-refractivity contribution in [2.45, 2.75) is 0 Å². The summed E-state index contributed by atoms with van der Waals surface area (Å²) in [5, 5.41) is 18.2. The first-order valence-electron chi connectivity index (χ1n) is 2.82. The van der Waals surface area contributed by atoms with Crippen LogP contribution in [0.2, 0.25) is 0 Å². The SMILES string of the molecule is O=Cc1cc(O)c(I)c(O)c1. The van der Waals surface area contributed by atoms with Gasteiger partial charge in [0.25, 0.3) is 0 Å². The largest absolute Gasteiger partial charge is 0.507 e. The van der Waals surface area contributed by atoms with Gasteiger partial charge >= 0.3 is 0 Å². The zero-order valence-electron chi connectivity index (χ0n) is 5.41. The van der Waals surface area contributed by atoms with Crippen LogP contribution < -0.4 is 0 Å². The highest BCUT2D eigenvalue weighted by Gasteiger charge is 2.05. The van der Waals surface area contributed by atoms with Crippen molar-refractivity contribution < 1.29 is 15.0 Å². The third-order valence-corrected chi connectivity index (χ3v) is 2.30. The predicted molar refractivity (Wildman–Crippen MR) is 47.9 cm³/mol. The average molecular weight is 264 g/mol. The van der Waals surface area contributed by atoms with E-state index in [1.165, 1.54) is 12.1 Å². The van der Waals surface area contributed by atoms with Crippen molar-refractivity contribution in [2.24, 2.45) is 0 Å². The van der Waals surface area contributed by atoms with Crippen molar-refractivity contribution >= 4 is 28.9 Å². The number of aromatic hydroxyl groups is 2. The third kappa shape index (κ3) is 1.62. The lowest BCUT2D eigenvalue weighted by Crippen LogP contribution is -1.82. The van der Waals surface area contributed by atoms with Gasteiger partial charge in [-0.2, -0.15) is 0 Å². The molecule has 58 valence electrons. The molecular formula is C7H5IO3. The van der Waals surface area contributed by atoms with E-state index in [9.17, 15) is 4.79 Å². The van der Waals surface area contributed by atoms with E-state index >= 15 is 0 Å². The minimum Gasteiger partial charge on any atom is -0.507 e. The lowest BCUT2D eigenvalue weighted by atomic mass is 10.2. The van der Waals surface area contributed by atoms with Crippen LogP contribution >= 0.6 is 22.6 Å². The third-order valence-electron chi connectivity index (χ3n) is 1.19. The summed E-state index contributed by atoms with van der Waals surface area (Å²) < 4.78 is 0.355. The minimum absolute atomic E-state index is 0.0762. The molecule has 0 amide bonds. The molecule has 0 aliphatic heterocycles. The number of hydrogen-bond acceptors (Lipinski definition) is 3. The molecule has 0 radical (unpaired) electrons. The zero-order valence-corrected chi connectivity index (χ0v) is 7.57. The fourth-order valence-corrected chi connectivity index (χ4v) is 0.995. The minimum atomic E-state index is -0.0762. The molecule has 11 heavy (non-hydrogen) atoms. The Hall–Kier alpha value is -0.780. The van der Waals surface area contributed by atoms with Gasteiger partial charge in [-0.3, -0.25) is 4.79 Å². The van der Waals surface area contributed by atoms with E-state index in [-0.39, 0.29) is 17.1 Å². The maximum atomic E-state index is 10.2. The quantitative estimate of drug-likeness (QED) is 0.597. The molecule has 0 heterocycles. The standard InChI is InChI=1S/C7H5IO3/c8-7-5(10)1-4(3-9)2-6(7)11/h1-3,10-11H. The van der Waals surface area contributed by atoms with Crippen molar-refractivity contribution in [3.8, 4) is 11.5 Å². The molecule has 0 unspecified atom stereocenters. The summed E-state index contributed by atoms with van der Waals surface area (Å²) in [7, 11) is 0. The molecule has 1 aromatic carbocycles. The second-order valence-electron chi connectivity index (χ2n) is 1.99. The van der Waals surface area contributed by atoms with E-state index in [1.54, 1.807) is 22.6 Å². The monoisotopic (exact) mass is 264 g/mol. The van der Waals surface area contributed by atoms with E-state index in [1.807, 2.05) is 0 Å². The van der Waals surface area contributed by atoms with Gasteiger partial charge in [-0.05, 0) is 34.7 Å². The molecule has 0 aliphatic carbocycles. The molecule has 1 rings (SSSR count). The van der Waals surface area contributed by atoms with Gasteiger partial charge < -0.3 is 10.2 Å². The van der Waals surface area contributed by atoms with Crippen LogP contribution in [0.3, 0.4) is 0 Å². The number of hydrogen-bond donors (Lipinski definition) is 2. The predicted octanol–water partition coefficient (Wildman–Crippen LogP) is 1.51. The molecule has 3 nitrogen and oxygen atoms in total. The Labute approximate surface area is 76.8 Å². The van der Waals surface area contributed by atoms with Crippen LogP contribution in [-0.2, 0) is 0 Å². The van der Waals surface area contributed by atoms with Crippen LogP contribution in [0, 0.1) is 3.57 Å². The summed E-state index contributed by atoms with van der Waals surface area (Å²) in [6, 6.07) is 2.60. The van der Waals surface area contributed by atoms with Gasteiger partial charge in [0.1, 0.15) is 17.8 Å². The highest BCUT2D eigenvalue weighted by atomic mass is 127. The normalized spacial score (nSPS) is 9.55. The van der Waals surface area contributed by atoms with Crippen molar-refractivity contribution in [2.75, 3.05) is 0 Å². The lowest BCUT2D eigenvalue weighted by Gasteiger charge is -1.99. The van der Waals surface area contributed by atoms with E-state index in [4.69, 9.17) is 10.2 Å². The number of phenolic OH excluding ortho intramolecular Hbond substituents is 2. The molecule has 1 aromatic rings. The summed E-state index contributed by atoms with van der Waals surface area (Å²) in [6.45, 7) is 0. The second-order valence-corrected chi connectivity index (χ2v) is 3.07. The fraction of sp³-hybridized carbons (Fsp3) is 0. The van der Waals surface area contributed by atoms with Gasteiger partial charge in [0.15, 0.2) is 0 Å². The van der Waals surface area contributed by atoms with Gasteiger partial charge in [-0.25, -0.2) is 0 Å². The summed E-state index contributed by atoms with van der Waals surface area (Å²) >= 11 is 1.79. The number of carbonyl (C=O) groups is 1. The Morgan fingerprint density at radius 2 is 1.73 bits per heavy atom. The maximum Gasteiger partial charge on any atom is 0.150 e. The summed E-state index contributed by atoms with van der Waals surface area (Å²) in [4.78, 5) is 10.2. The Kier molecular flexibility index (Phi) is 2.33. The lowest BCUT2D eigenvalue weighted by molar-refractivity contribution is 0.112. The molecule has 2 N–H and O–H groups in total. The van der Waals surface area contributed by atoms with Crippen LogP contribution in [0.4, 0.5) is 0 Å². The number of aldehydes is 1. The first-order valence-corrected chi connectivity index (χ1v) is 3.89. The number of halogens is 1. The smallest absolute Gasteiger partial charge is 0.150 e. The van der Waals surface area contributed by atoms with Crippen LogP contribution in [0.5, 0.6) is 11.5 Å². The van der Waals surface area contributed by atoms with Crippen LogP contribution in [0.25, 0.3) is 0 Å². The summed E-state index contributed by atoms with van der Waals surface area (Å²) in [5.41, 5.74) is 0.264. The Balaban J connectivity index is 3.31. The molecular weight excluding hydrogens is 259 g/mol. The summed E-state index contributed by atoms with van der Waals surface area (Å²) in [6.07, 6.45) is 0.565. The van der Waals surface area contributed by atoms with Gasteiger partial charge in [-0.15, -0.1) is 0 Å². The van der Waals surface area contributed by atoms with E-state index in [0.29, 0.717) is 9.86 Å². The molecule has 0 atom stereocenters. The van der Waals surface area contributed by atoms with Crippen molar-refractivity contribution in [1.82, 2.24) is 0 Å². The van der Waals surface area contributed by atoms with E-state index in [2.05, 4.69) is 0 Å². The molecule has 0 saturated heterocycles. The van der Waals surface area contributed by atoms with Crippen molar-refractivity contribution in [3.05, 3.63) is 21.3 Å². The van der Waals surface area contributed by atoms with Gasteiger partial charge in [0.2, 0.25) is 0 Å². The maximum absolute atomic E-state index is 10.2. The number of benzene rings is 1. The van der Waals surface area contributed by atoms with Crippen LogP contribution in [-0.4, -0.2) is 16.5 Å². The van der Waals surface area contributed by atoms with Crippen LogP contribution in [0.1, 0.15) is 10.4 Å². The topological polar surface area (TPSA) is 57.5 Å². The first kappa shape index (κ1) is 8.32. The molecule has 0 aliphatic rings. The van der Waals surface area contributed by atoms with Gasteiger partial charge in [0.05, 0.1) is 3.57 Å². The Morgan fingerprint density at radius 3 is 2.09 bits per heavy atom. The van der Waals surface area contributed by atoms with E-state index < -0.39 is 0 Å². The second kappa shape index (κ2) is 3.08. The summed E-state index contributed by atoms with van der Waals surface area (Å²) in [5.74, 6) is -0.152. The average Bonchev–Trinajstić information content (AvgIpc) is 1.99. The number of phenols is 2. The van der Waals surface area contributed by atoms with Crippen molar-refractivity contribution in [1.29, 1.82) is 0 Å². The molecule has 0 spiro atoms. The Bertz CT molecular complexity index is 273. The first-order chi connectivity index (χ1) is 5.15. The molecule has 0 fully saturated rings. The molecule has 0 saturated carbocycles. The number of carbonyl (C=O) groups excluding carboxylic acids is 1.